The first kappa shape index (κ1) is 13.1. The lowest BCUT2D eigenvalue weighted by atomic mass is 10.1. The number of rotatable bonds is 2. The van der Waals surface area contributed by atoms with Crippen LogP contribution < -0.4 is 0 Å². The van der Waals surface area contributed by atoms with Gasteiger partial charge in [0.1, 0.15) is 29.4 Å². The summed E-state index contributed by atoms with van der Waals surface area (Å²) in [4.78, 5) is 0. The van der Waals surface area contributed by atoms with Crippen LogP contribution in [-0.4, -0.2) is 4.57 Å². The molecule has 0 aliphatic heterocycles. The molecule has 0 atom stereocenters. The average molecular weight is 258 g/mol. The van der Waals surface area contributed by atoms with Crippen LogP contribution in [0.15, 0.2) is 48.0 Å². The number of aromatic nitrogens is 1. The Kier molecular flexibility index (Phi) is 3.66. The van der Waals surface area contributed by atoms with Gasteiger partial charge in [0.25, 0.3) is 0 Å². The second-order valence-electron chi connectivity index (χ2n) is 4.11. The predicted molar refractivity (Wildman–Crippen MR) is 74.6 cm³/mol. The molecule has 0 spiro atoms. The van der Waals surface area contributed by atoms with Gasteiger partial charge in [-0.3, -0.25) is 0 Å². The molecule has 2 rings (SSSR count). The first-order valence-corrected chi connectivity index (χ1v) is 5.89. The van der Waals surface area contributed by atoms with E-state index in [0.29, 0.717) is 5.69 Å². The van der Waals surface area contributed by atoms with Crippen LogP contribution in [0.4, 0.5) is 0 Å². The Morgan fingerprint density at radius 2 is 1.55 bits per heavy atom. The van der Waals surface area contributed by atoms with Crippen molar-refractivity contribution >= 4 is 5.57 Å². The minimum atomic E-state index is -0.173. The highest BCUT2D eigenvalue weighted by Crippen LogP contribution is 2.26. The fourth-order valence-electron chi connectivity index (χ4n) is 2.04. The van der Waals surface area contributed by atoms with Crippen molar-refractivity contribution in [1.82, 2.24) is 4.57 Å². The Morgan fingerprint density at radius 3 is 2.10 bits per heavy atom. The molecule has 0 amide bonds. The van der Waals surface area contributed by atoms with Gasteiger partial charge in [-0.15, -0.1) is 0 Å². The van der Waals surface area contributed by atoms with Crippen molar-refractivity contribution in [3.05, 3.63) is 53.7 Å². The summed E-state index contributed by atoms with van der Waals surface area (Å²) in [7, 11) is 1.81. The molecule has 0 bridgehead atoms. The van der Waals surface area contributed by atoms with Gasteiger partial charge in [-0.05, 0) is 17.7 Å². The molecule has 20 heavy (non-hydrogen) atoms. The standard InChI is InChI=1S/C16H10N4/c1-20-15(12-5-3-2-4-6-12)7-8-16(20)14(11-19)13(9-17)10-18/h2-8H,1H3. The summed E-state index contributed by atoms with van der Waals surface area (Å²) in [6.45, 7) is 0. The third-order valence-corrected chi connectivity index (χ3v) is 3.03. The number of nitriles is 3. The topological polar surface area (TPSA) is 76.3 Å². The fourth-order valence-corrected chi connectivity index (χ4v) is 2.04. The van der Waals surface area contributed by atoms with Crippen LogP contribution in [0, 0.1) is 34.0 Å². The molecule has 0 N–H and O–H groups in total. The Balaban J connectivity index is 2.62. The van der Waals surface area contributed by atoms with E-state index in [4.69, 9.17) is 10.5 Å². The van der Waals surface area contributed by atoms with Crippen molar-refractivity contribution in [2.24, 2.45) is 7.05 Å². The van der Waals surface area contributed by atoms with Crippen LogP contribution in [0.3, 0.4) is 0 Å². The van der Waals surface area contributed by atoms with Crippen molar-refractivity contribution in [2.45, 2.75) is 0 Å². The minimum absolute atomic E-state index is 0.0969. The first-order valence-electron chi connectivity index (χ1n) is 5.89. The van der Waals surface area contributed by atoms with Gasteiger partial charge in [0.2, 0.25) is 0 Å². The molecule has 1 aromatic heterocycles. The van der Waals surface area contributed by atoms with Gasteiger partial charge in [0.15, 0.2) is 0 Å². The summed E-state index contributed by atoms with van der Waals surface area (Å²) >= 11 is 0. The van der Waals surface area contributed by atoms with Crippen LogP contribution in [0.2, 0.25) is 0 Å². The van der Waals surface area contributed by atoms with E-state index in [-0.39, 0.29) is 11.1 Å². The maximum Gasteiger partial charge on any atom is 0.149 e. The molecule has 4 heteroatoms. The Hall–Kier alpha value is -3.29. The highest BCUT2D eigenvalue weighted by atomic mass is 15.0. The molecule has 0 aliphatic carbocycles. The average Bonchev–Trinajstić information content (AvgIpc) is 2.87. The lowest BCUT2D eigenvalue weighted by Gasteiger charge is -2.07. The van der Waals surface area contributed by atoms with Gasteiger partial charge in [0.05, 0.1) is 5.69 Å². The quantitative estimate of drug-likeness (QED) is 0.777. The van der Waals surface area contributed by atoms with E-state index in [1.165, 1.54) is 0 Å². The molecule has 94 valence electrons. The normalized spacial score (nSPS) is 9.10. The second-order valence-corrected chi connectivity index (χ2v) is 4.11. The van der Waals surface area contributed by atoms with Gasteiger partial charge < -0.3 is 4.57 Å². The van der Waals surface area contributed by atoms with Crippen LogP contribution in [0.1, 0.15) is 5.69 Å². The molecule has 0 aliphatic rings. The van der Waals surface area contributed by atoms with E-state index in [1.807, 2.05) is 47.0 Å². The summed E-state index contributed by atoms with van der Waals surface area (Å²) < 4.78 is 1.81. The van der Waals surface area contributed by atoms with Crippen molar-refractivity contribution in [1.29, 1.82) is 15.8 Å². The number of hydrogen-bond donors (Lipinski definition) is 0. The van der Waals surface area contributed by atoms with Gasteiger partial charge in [-0.2, -0.15) is 15.8 Å². The van der Waals surface area contributed by atoms with Gasteiger partial charge in [-0.25, -0.2) is 0 Å². The van der Waals surface area contributed by atoms with Crippen molar-refractivity contribution < 1.29 is 0 Å². The van der Waals surface area contributed by atoms with Crippen LogP contribution in [0.5, 0.6) is 0 Å². The van der Waals surface area contributed by atoms with Gasteiger partial charge in [-0.1, -0.05) is 30.3 Å². The molecule has 0 saturated carbocycles. The summed E-state index contributed by atoms with van der Waals surface area (Å²) in [5.41, 5.74) is 2.41. The van der Waals surface area contributed by atoms with Crippen molar-refractivity contribution in [2.75, 3.05) is 0 Å². The zero-order valence-electron chi connectivity index (χ0n) is 10.8. The molecule has 0 radical (unpaired) electrons. The Bertz CT molecular complexity index is 774. The molecule has 4 nitrogen and oxygen atoms in total. The number of hydrogen-bond acceptors (Lipinski definition) is 3. The Morgan fingerprint density at radius 1 is 0.900 bits per heavy atom. The molecule has 1 aromatic carbocycles. The molecule has 0 unspecified atom stereocenters. The van der Waals surface area contributed by atoms with E-state index in [1.54, 1.807) is 25.3 Å². The molecule has 2 aromatic rings. The summed E-state index contributed by atoms with van der Waals surface area (Å²) in [6.07, 6.45) is 0. The third kappa shape index (κ3) is 2.17. The SMILES string of the molecule is Cn1c(C(C#N)=C(C#N)C#N)ccc1-c1ccccc1. The predicted octanol–water partition coefficient (Wildman–Crippen LogP) is 3.02. The van der Waals surface area contributed by atoms with E-state index >= 15 is 0 Å². The third-order valence-electron chi connectivity index (χ3n) is 3.03. The number of benzene rings is 1. The molecule has 0 fully saturated rings. The van der Waals surface area contributed by atoms with Crippen molar-refractivity contribution in [3.63, 3.8) is 0 Å². The number of allylic oxidation sites excluding steroid dienone is 2. The zero-order chi connectivity index (χ0) is 14.5. The van der Waals surface area contributed by atoms with E-state index in [2.05, 4.69) is 0 Å². The summed E-state index contributed by atoms with van der Waals surface area (Å²) in [6, 6.07) is 18.8. The summed E-state index contributed by atoms with van der Waals surface area (Å²) in [5.74, 6) is 0. The van der Waals surface area contributed by atoms with Crippen LogP contribution in [-0.2, 0) is 7.05 Å². The van der Waals surface area contributed by atoms with E-state index < -0.39 is 0 Å². The smallest absolute Gasteiger partial charge is 0.149 e. The zero-order valence-corrected chi connectivity index (χ0v) is 10.8. The van der Waals surface area contributed by atoms with Gasteiger partial charge in [0, 0.05) is 12.7 Å². The minimum Gasteiger partial charge on any atom is -0.343 e. The maximum atomic E-state index is 9.19. The van der Waals surface area contributed by atoms with E-state index in [0.717, 1.165) is 11.3 Å². The van der Waals surface area contributed by atoms with Gasteiger partial charge >= 0.3 is 0 Å². The first-order chi connectivity index (χ1) is 9.72. The molecular weight excluding hydrogens is 248 g/mol. The van der Waals surface area contributed by atoms with Crippen molar-refractivity contribution in [3.8, 4) is 29.5 Å². The summed E-state index contributed by atoms with van der Waals surface area (Å²) in [5, 5.41) is 27.0. The molecular formula is C16H10N4. The number of nitrogens with zero attached hydrogens (tertiary/aromatic N) is 4. The highest BCUT2D eigenvalue weighted by Gasteiger charge is 2.14. The highest BCUT2D eigenvalue weighted by molar-refractivity contribution is 5.84. The lowest BCUT2D eigenvalue weighted by molar-refractivity contribution is 0.919. The van der Waals surface area contributed by atoms with Crippen LogP contribution >= 0.6 is 0 Å². The monoisotopic (exact) mass is 258 g/mol. The molecule has 1 heterocycles. The lowest BCUT2D eigenvalue weighted by Crippen LogP contribution is -1.98. The maximum absolute atomic E-state index is 9.19. The largest absolute Gasteiger partial charge is 0.343 e. The second kappa shape index (κ2) is 5.57. The Labute approximate surface area is 117 Å². The molecule has 0 saturated heterocycles. The fraction of sp³-hybridized carbons (Fsp3) is 0.0625. The van der Waals surface area contributed by atoms with E-state index in [9.17, 15) is 5.26 Å². The van der Waals surface area contributed by atoms with Crippen LogP contribution in [0.25, 0.3) is 16.8 Å².